The fraction of sp³-hybridized carbons (Fsp3) is 0.242. The van der Waals surface area contributed by atoms with Gasteiger partial charge < -0.3 is 33.5 Å². The van der Waals surface area contributed by atoms with E-state index in [9.17, 15) is 9.90 Å². The van der Waals surface area contributed by atoms with E-state index in [0.717, 1.165) is 16.7 Å². The number of esters is 1. The van der Waals surface area contributed by atoms with Crippen LogP contribution < -0.4 is 18.9 Å². The van der Waals surface area contributed by atoms with Gasteiger partial charge in [-0.2, -0.15) is 0 Å². The van der Waals surface area contributed by atoms with E-state index in [0.29, 0.717) is 60.4 Å². The number of carbonyl (C=O) groups is 1. The van der Waals surface area contributed by atoms with Crippen molar-refractivity contribution >= 4 is 5.97 Å². The molecule has 0 radical (unpaired) electrons. The highest BCUT2D eigenvalue weighted by Gasteiger charge is 2.17. The smallest absolute Gasteiger partial charge is 0.343 e. The first-order valence-electron chi connectivity index (χ1n) is 13.2. The Morgan fingerprint density at radius 2 is 1.46 bits per heavy atom. The average molecular weight is 559 g/mol. The maximum atomic E-state index is 12.7. The van der Waals surface area contributed by atoms with E-state index in [-0.39, 0.29) is 13.4 Å². The van der Waals surface area contributed by atoms with E-state index in [1.165, 1.54) is 0 Å². The molecule has 1 N–H and O–H groups in total. The predicted octanol–water partition coefficient (Wildman–Crippen LogP) is 5.58. The van der Waals surface area contributed by atoms with Crippen LogP contribution in [0.2, 0.25) is 0 Å². The summed E-state index contributed by atoms with van der Waals surface area (Å²) in [5.41, 5.74) is 3.54. The van der Waals surface area contributed by atoms with Gasteiger partial charge in [0.2, 0.25) is 0 Å². The molecule has 0 aromatic heterocycles. The molecule has 4 aromatic rings. The molecule has 0 spiro atoms. The van der Waals surface area contributed by atoms with Crippen molar-refractivity contribution in [3.05, 3.63) is 119 Å². The topological polar surface area (TPSA) is 92.7 Å². The van der Waals surface area contributed by atoms with E-state index in [1.807, 2.05) is 42.5 Å². The highest BCUT2D eigenvalue weighted by molar-refractivity contribution is 5.91. The summed E-state index contributed by atoms with van der Waals surface area (Å²) in [5.74, 6) is 1.56. The molecule has 0 aliphatic heterocycles. The predicted molar refractivity (Wildman–Crippen MR) is 154 cm³/mol. The molecule has 0 amide bonds. The molecular weight excluding hydrogens is 524 g/mol. The largest absolute Gasteiger partial charge is 0.496 e. The normalized spacial score (nSPS) is 10.7. The zero-order chi connectivity index (χ0) is 28.9. The van der Waals surface area contributed by atoms with Gasteiger partial charge in [-0.05, 0) is 48.0 Å². The Balaban J connectivity index is 1.62. The first-order chi connectivity index (χ1) is 20.1. The molecule has 0 unspecified atom stereocenters. The molecule has 8 heteroatoms. The first kappa shape index (κ1) is 29.6. The molecule has 0 aliphatic carbocycles. The lowest BCUT2D eigenvalue weighted by atomic mass is 9.99. The molecule has 0 bridgehead atoms. The van der Waals surface area contributed by atoms with E-state index in [4.69, 9.17) is 28.4 Å². The third-order valence-corrected chi connectivity index (χ3v) is 6.20. The quantitative estimate of drug-likeness (QED) is 0.0876. The Hall–Kier alpha value is -4.37. The lowest BCUT2D eigenvalue weighted by Gasteiger charge is -2.18. The number of hydrogen-bond donors (Lipinski definition) is 1. The Kier molecular flexibility index (Phi) is 11.1. The van der Waals surface area contributed by atoms with Crippen LogP contribution in [0.1, 0.15) is 32.6 Å². The number of benzene rings is 4. The maximum Gasteiger partial charge on any atom is 0.343 e. The lowest BCUT2D eigenvalue weighted by Crippen LogP contribution is -2.11. The van der Waals surface area contributed by atoms with Gasteiger partial charge in [0, 0.05) is 30.2 Å². The van der Waals surface area contributed by atoms with Crippen molar-refractivity contribution in [1.82, 2.24) is 0 Å². The molecule has 0 fully saturated rings. The summed E-state index contributed by atoms with van der Waals surface area (Å²) in [6.07, 6.45) is 0.336. The third-order valence-electron chi connectivity index (χ3n) is 6.20. The van der Waals surface area contributed by atoms with Gasteiger partial charge >= 0.3 is 5.97 Å². The summed E-state index contributed by atoms with van der Waals surface area (Å²) in [7, 11) is 3.16. The zero-order valence-corrected chi connectivity index (χ0v) is 23.2. The average Bonchev–Trinajstić information content (AvgIpc) is 3.01. The molecule has 4 rings (SSSR count). The van der Waals surface area contributed by atoms with Gasteiger partial charge in [-0.1, -0.05) is 48.5 Å². The number of ether oxygens (including phenoxy) is 6. The number of hydrogen-bond acceptors (Lipinski definition) is 8. The molecule has 214 valence electrons. The Labute approximate surface area is 240 Å². The minimum atomic E-state index is -0.468. The van der Waals surface area contributed by atoms with E-state index < -0.39 is 5.97 Å². The van der Waals surface area contributed by atoms with Crippen LogP contribution in [0.4, 0.5) is 0 Å². The minimum absolute atomic E-state index is 0.0127. The van der Waals surface area contributed by atoms with Crippen LogP contribution in [0, 0.1) is 0 Å². The summed E-state index contributed by atoms with van der Waals surface area (Å²) >= 11 is 0. The summed E-state index contributed by atoms with van der Waals surface area (Å²) in [6.45, 7) is 0.979. The van der Waals surface area contributed by atoms with Crippen LogP contribution in [0.5, 0.6) is 23.0 Å². The van der Waals surface area contributed by atoms with Gasteiger partial charge in [0.25, 0.3) is 0 Å². The number of methoxy groups -OCH3 is 2. The first-order valence-corrected chi connectivity index (χ1v) is 13.2. The van der Waals surface area contributed by atoms with Crippen molar-refractivity contribution in [2.45, 2.75) is 19.6 Å². The Morgan fingerprint density at radius 3 is 2.17 bits per heavy atom. The van der Waals surface area contributed by atoms with Crippen LogP contribution >= 0.6 is 0 Å². The molecule has 0 heterocycles. The van der Waals surface area contributed by atoms with Gasteiger partial charge in [-0.25, -0.2) is 4.79 Å². The van der Waals surface area contributed by atoms with E-state index in [2.05, 4.69) is 0 Å². The number of aliphatic hydroxyl groups excluding tert-OH is 1. The van der Waals surface area contributed by atoms with Gasteiger partial charge in [0.05, 0.1) is 32.5 Å². The standard InChI is InChI=1S/C33H34O8/c1-36-15-16-38-23-40-31-14-13-29(41-33(35)25-11-7-4-8-12-25)18-26(31)17-27-19-30(20-28(21-34)32(27)37-2)39-22-24-9-5-3-6-10-24/h3-14,18-20,34H,15-17,21-23H2,1-2H3. The zero-order valence-electron chi connectivity index (χ0n) is 23.2. The van der Waals surface area contributed by atoms with Crippen molar-refractivity contribution < 1.29 is 38.3 Å². The highest BCUT2D eigenvalue weighted by atomic mass is 16.7. The third kappa shape index (κ3) is 8.56. The number of aliphatic hydroxyl groups is 1. The molecule has 8 nitrogen and oxygen atoms in total. The summed E-state index contributed by atoms with van der Waals surface area (Å²) in [4.78, 5) is 12.7. The van der Waals surface area contributed by atoms with Crippen LogP contribution in [-0.4, -0.2) is 45.3 Å². The maximum absolute atomic E-state index is 12.7. The Bertz CT molecular complexity index is 1390. The van der Waals surface area contributed by atoms with Gasteiger partial charge in [-0.15, -0.1) is 0 Å². The Morgan fingerprint density at radius 1 is 0.756 bits per heavy atom. The second-order valence-electron chi connectivity index (χ2n) is 9.07. The summed E-state index contributed by atoms with van der Waals surface area (Å²) in [6, 6.07) is 27.4. The van der Waals surface area contributed by atoms with E-state index in [1.54, 1.807) is 62.8 Å². The van der Waals surface area contributed by atoms with Crippen molar-refractivity contribution in [3.63, 3.8) is 0 Å². The highest BCUT2D eigenvalue weighted by Crippen LogP contribution is 2.35. The fourth-order valence-corrected chi connectivity index (χ4v) is 4.21. The van der Waals surface area contributed by atoms with Crippen LogP contribution in [0.3, 0.4) is 0 Å². The van der Waals surface area contributed by atoms with Crippen molar-refractivity contribution in [1.29, 1.82) is 0 Å². The molecule has 0 atom stereocenters. The second kappa shape index (κ2) is 15.4. The summed E-state index contributed by atoms with van der Waals surface area (Å²) < 4.78 is 33.9. The molecule has 41 heavy (non-hydrogen) atoms. The van der Waals surface area contributed by atoms with Gasteiger partial charge in [0.15, 0.2) is 6.79 Å². The minimum Gasteiger partial charge on any atom is -0.496 e. The molecular formula is C33H34O8. The van der Waals surface area contributed by atoms with Crippen molar-refractivity contribution in [2.75, 3.05) is 34.2 Å². The monoisotopic (exact) mass is 558 g/mol. The number of rotatable bonds is 15. The van der Waals surface area contributed by atoms with Crippen molar-refractivity contribution in [2.24, 2.45) is 0 Å². The van der Waals surface area contributed by atoms with Gasteiger partial charge in [-0.3, -0.25) is 0 Å². The van der Waals surface area contributed by atoms with Crippen LogP contribution in [-0.2, 0) is 29.1 Å². The van der Waals surface area contributed by atoms with Gasteiger partial charge in [0.1, 0.15) is 29.6 Å². The van der Waals surface area contributed by atoms with E-state index >= 15 is 0 Å². The fourth-order valence-electron chi connectivity index (χ4n) is 4.21. The number of carbonyl (C=O) groups excluding carboxylic acids is 1. The summed E-state index contributed by atoms with van der Waals surface area (Å²) in [5, 5.41) is 10.1. The molecule has 0 saturated heterocycles. The molecule has 0 saturated carbocycles. The van der Waals surface area contributed by atoms with Crippen LogP contribution in [0.15, 0.2) is 91.0 Å². The van der Waals surface area contributed by atoms with Crippen molar-refractivity contribution in [3.8, 4) is 23.0 Å². The van der Waals surface area contributed by atoms with Crippen LogP contribution in [0.25, 0.3) is 0 Å². The molecule has 0 aliphatic rings. The second-order valence-corrected chi connectivity index (χ2v) is 9.07. The lowest BCUT2D eigenvalue weighted by molar-refractivity contribution is -0.00885. The molecule has 4 aromatic carbocycles. The SMILES string of the molecule is COCCOCOc1ccc(OC(=O)c2ccccc2)cc1Cc1cc(OCc2ccccc2)cc(CO)c1OC.